The molecule has 0 aliphatic carbocycles. The maximum atomic E-state index is 14.3. The van der Waals surface area contributed by atoms with Crippen LogP contribution in [-0.4, -0.2) is 93.7 Å². The van der Waals surface area contributed by atoms with Gasteiger partial charge in [0, 0.05) is 50.0 Å². The number of nitrogens with one attached hydrogen (secondary N) is 1. The van der Waals surface area contributed by atoms with E-state index in [1.165, 1.54) is 16.0 Å². The summed E-state index contributed by atoms with van der Waals surface area (Å²) in [6, 6.07) is 20.2. The van der Waals surface area contributed by atoms with Crippen molar-refractivity contribution in [1.82, 2.24) is 24.7 Å². The van der Waals surface area contributed by atoms with Crippen LogP contribution in [0.3, 0.4) is 0 Å². The molecule has 3 aromatic carbocycles. The lowest BCUT2D eigenvalue weighted by Gasteiger charge is -2.29. The van der Waals surface area contributed by atoms with Crippen LogP contribution >= 0.6 is 11.6 Å². The molecule has 4 amide bonds. The minimum atomic E-state index is -0.536. The topological polar surface area (TPSA) is 125 Å². The maximum Gasteiger partial charge on any atom is 0.261 e. The summed E-state index contributed by atoms with van der Waals surface area (Å²) in [4.78, 5) is 68.4. The molecule has 11 nitrogen and oxygen atoms in total. The first kappa shape index (κ1) is 33.0. The summed E-state index contributed by atoms with van der Waals surface area (Å²) >= 11 is 6.62. The summed E-state index contributed by atoms with van der Waals surface area (Å²) in [6.07, 6.45) is 5.00. The smallest absolute Gasteiger partial charge is 0.261 e. The van der Waals surface area contributed by atoms with Crippen LogP contribution in [0.2, 0.25) is 5.02 Å². The Morgan fingerprint density at radius 3 is 2.22 bits per heavy atom. The SMILES string of the molecule is O=C(CN1C(=O)c2cc(-c3nc(NC4CCOCC4)ncc3Cl)ccc2C1CCN1C(=O)c2ccccc2C1=O)N1CCc2ccccc2CC1. The molecule has 1 unspecified atom stereocenters. The summed E-state index contributed by atoms with van der Waals surface area (Å²) in [7, 11) is 0. The van der Waals surface area contributed by atoms with E-state index in [1.807, 2.05) is 29.2 Å². The van der Waals surface area contributed by atoms with Gasteiger partial charge in [-0.3, -0.25) is 24.1 Å². The van der Waals surface area contributed by atoms with Gasteiger partial charge in [0.25, 0.3) is 17.7 Å². The first-order valence-electron chi connectivity index (χ1n) is 17.5. The third-order valence-electron chi connectivity index (χ3n) is 10.4. The van der Waals surface area contributed by atoms with Crippen molar-refractivity contribution in [3.8, 4) is 11.3 Å². The van der Waals surface area contributed by atoms with Gasteiger partial charge >= 0.3 is 0 Å². The predicted octanol–water partition coefficient (Wildman–Crippen LogP) is 5.20. The first-order valence-corrected chi connectivity index (χ1v) is 17.9. The van der Waals surface area contributed by atoms with E-state index in [2.05, 4.69) is 22.4 Å². The fraction of sp³-hybridized carbons (Fsp3) is 0.333. The highest BCUT2D eigenvalue weighted by Gasteiger charge is 2.41. The second-order valence-electron chi connectivity index (χ2n) is 13.4. The summed E-state index contributed by atoms with van der Waals surface area (Å²) in [5, 5.41) is 3.72. The molecule has 0 saturated carbocycles. The number of ether oxygens (including phenoxy) is 1. The maximum absolute atomic E-state index is 14.3. The average Bonchev–Trinajstić information content (AvgIpc) is 3.42. The zero-order chi connectivity index (χ0) is 35.1. The molecule has 1 atom stereocenters. The average molecular weight is 705 g/mol. The number of aromatic nitrogens is 2. The number of anilines is 1. The van der Waals surface area contributed by atoms with Gasteiger partial charge in [0.1, 0.15) is 6.54 Å². The largest absolute Gasteiger partial charge is 0.381 e. The highest BCUT2D eigenvalue weighted by Crippen LogP contribution is 2.40. The number of benzene rings is 3. The molecule has 1 fully saturated rings. The number of fused-ring (bicyclic) bond motifs is 3. The minimum absolute atomic E-state index is 0.0914. The van der Waals surface area contributed by atoms with Crippen molar-refractivity contribution >= 4 is 41.2 Å². The molecule has 4 aromatic rings. The Labute approximate surface area is 300 Å². The minimum Gasteiger partial charge on any atom is -0.381 e. The van der Waals surface area contributed by atoms with Gasteiger partial charge in [-0.15, -0.1) is 0 Å². The number of amides is 4. The van der Waals surface area contributed by atoms with Gasteiger partial charge in [-0.25, -0.2) is 9.97 Å². The second kappa shape index (κ2) is 13.9. The lowest BCUT2D eigenvalue weighted by atomic mass is 9.98. The number of hydrogen-bond acceptors (Lipinski definition) is 8. The van der Waals surface area contributed by atoms with Crippen LogP contribution in [0.1, 0.15) is 73.1 Å². The summed E-state index contributed by atoms with van der Waals surface area (Å²) < 4.78 is 5.47. The van der Waals surface area contributed by atoms with Gasteiger partial charge in [-0.2, -0.15) is 0 Å². The number of nitrogens with zero attached hydrogens (tertiary/aromatic N) is 5. The Morgan fingerprint density at radius 1 is 0.863 bits per heavy atom. The normalized spacial score (nSPS) is 18.8. The number of carbonyl (C=O) groups excluding carboxylic acids is 4. The number of hydrogen-bond donors (Lipinski definition) is 1. The molecule has 1 aromatic heterocycles. The van der Waals surface area contributed by atoms with Crippen LogP contribution in [0.15, 0.2) is 72.9 Å². The Hall–Kier alpha value is -5.13. The first-order chi connectivity index (χ1) is 24.9. The van der Waals surface area contributed by atoms with E-state index in [9.17, 15) is 19.2 Å². The second-order valence-corrected chi connectivity index (χ2v) is 13.8. The molecule has 1 saturated heterocycles. The Morgan fingerprint density at radius 2 is 1.53 bits per heavy atom. The molecule has 12 heteroatoms. The summed E-state index contributed by atoms with van der Waals surface area (Å²) in [5.41, 5.74) is 5.50. The van der Waals surface area contributed by atoms with E-state index < -0.39 is 6.04 Å². The third kappa shape index (κ3) is 6.36. The van der Waals surface area contributed by atoms with Crippen LogP contribution in [0.4, 0.5) is 5.95 Å². The molecule has 4 aliphatic heterocycles. The van der Waals surface area contributed by atoms with Gasteiger partial charge in [0.15, 0.2) is 0 Å². The molecule has 8 rings (SSSR count). The number of imide groups is 1. The summed E-state index contributed by atoms with van der Waals surface area (Å²) in [6.45, 7) is 2.43. The fourth-order valence-corrected chi connectivity index (χ4v) is 7.86. The molecule has 0 bridgehead atoms. The van der Waals surface area contributed by atoms with Crippen LogP contribution in [0.5, 0.6) is 0 Å². The van der Waals surface area contributed by atoms with Crippen molar-refractivity contribution in [2.45, 2.75) is 44.2 Å². The van der Waals surface area contributed by atoms with Crippen LogP contribution in [-0.2, 0) is 22.4 Å². The predicted molar refractivity (Wildman–Crippen MR) is 191 cm³/mol. The van der Waals surface area contributed by atoms with Crippen LogP contribution < -0.4 is 5.32 Å². The van der Waals surface area contributed by atoms with Crippen LogP contribution in [0.25, 0.3) is 11.3 Å². The zero-order valence-electron chi connectivity index (χ0n) is 28.0. The molecule has 0 radical (unpaired) electrons. The summed E-state index contributed by atoms with van der Waals surface area (Å²) in [5.74, 6) is -0.704. The van der Waals surface area contributed by atoms with Crippen molar-refractivity contribution in [1.29, 1.82) is 0 Å². The third-order valence-corrected chi connectivity index (χ3v) is 10.7. The number of carbonyl (C=O) groups is 4. The van der Waals surface area contributed by atoms with Crippen molar-refractivity contribution in [3.63, 3.8) is 0 Å². The van der Waals surface area contributed by atoms with Crippen molar-refractivity contribution in [3.05, 3.63) is 111 Å². The number of halogens is 1. The molecule has 1 N–H and O–H groups in total. The Bertz CT molecular complexity index is 1990. The molecular weight excluding hydrogens is 668 g/mol. The molecular formula is C39H37ClN6O5. The highest BCUT2D eigenvalue weighted by molar-refractivity contribution is 6.33. The van der Waals surface area contributed by atoms with E-state index in [4.69, 9.17) is 21.3 Å². The van der Waals surface area contributed by atoms with Gasteiger partial charge in [0.05, 0.1) is 34.1 Å². The zero-order valence-corrected chi connectivity index (χ0v) is 28.8. The Balaban J connectivity index is 1.07. The quantitative estimate of drug-likeness (QED) is 0.248. The molecule has 260 valence electrons. The lowest BCUT2D eigenvalue weighted by molar-refractivity contribution is -0.132. The molecule has 51 heavy (non-hydrogen) atoms. The van der Waals surface area contributed by atoms with Gasteiger partial charge in [-0.05, 0) is 67.0 Å². The van der Waals surface area contributed by atoms with E-state index >= 15 is 0 Å². The fourth-order valence-electron chi connectivity index (χ4n) is 7.66. The van der Waals surface area contributed by atoms with Crippen molar-refractivity contribution in [2.75, 3.05) is 44.7 Å². The monoisotopic (exact) mass is 704 g/mol. The van der Waals surface area contributed by atoms with E-state index in [0.717, 1.165) is 31.2 Å². The van der Waals surface area contributed by atoms with Crippen molar-refractivity contribution in [2.24, 2.45) is 0 Å². The van der Waals surface area contributed by atoms with E-state index in [-0.39, 0.29) is 49.2 Å². The van der Waals surface area contributed by atoms with Crippen LogP contribution in [0, 0.1) is 0 Å². The Kier molecular flexibility index (Phi) is 8.99. The highest BCUT2D eigenvalue weighted by atomic mass is 35.5. The molecule has 0 spiro atoms. The van der Waals surface area contributed by atoms with Crippen molar-refractivity contribution < 1.29 is 23.9 Å². The van der Waals surface area contributed by atoms with E-state index in [1.54, 1.807) is 41.4 Å². The van der Waals surface area contributed by atoms with Gasteiger partial charge in [-0.1, -0.05) is 60.1 Å². The lowest BCUT2D eigenvalue weighted by Crippen LogP contribution is -2.43. The standard InChI is InChI=1S/C39H37ClN6O5/c40-32-22-41-39(42-27-14-19-51-20-15-27)43-35(32)26-9-10-28-31(21-26)38(50)46(23-34(47)44-16-11-24-5-1-2-6-25(24)12-17-44)33(28)13-18-45-36(48)29-7-3-4-8-30(29)37(45)49/h1-10,21-22,27,33H,11-20,23H2,(H,41,42,43). The molecule has 5 heterocycles. The van der Waals surface area contributed by atoms with Gasteiger partial charge < -0.3 is 19.9 Å². The molecule has 4 aliphatic rings. The van der Waals surface area contributed by atoms with E-state index in [0.29, 0.717) is 65.2 Å². The van der Waals surface area contributed by atoms with Gasteiger partial charge in [0.2, 0.25) is 11.9 Å². The number of rotatable bonds is 8.